The lowest BCUT2D eigenvalue weighted by molar-refractivity contribution is 1.01. The topological polar surface area (TPSA) is 38.9 Å². The Morgan fingerprint density at radius 1 is 1.31 bits per heavy atom. The van der Waals surface area contributed by atoms with Crippen molar-refractivity contribution in [2.24, 2.45) is 5.73 Å². The minimum Gasteiger partial charge on any atom is -0.325 e. The zero-order chi connectivity index (χ0) is 11.5. The fraction of sp³-hybridized carbons (Fsp3) is 0.250. The maximum Gasteiger partial charge on any atom is 0.107 e. The van der Waals surface area contributed by atoms with Gasteiger partial charge in [-0.05, 0) is 24.6 Å². The Morgan fingerprint density at radius 3 is 2.56 bits per heavy atom. The monoisotopic (exact) mass is 296 g/mol. The number of benzene rings is 1. The molecular weight excluding hydrogens is 284 g/mol. The van der Waals surface area contributed by atoms with Crippen molar-refractivity contribution in [1.29, 1.82) is 0 Å². The third-order valence-corrected chi connectivity index (χ3v) is 4.10. The van der Waals surface area contributed by atoms with Crippen LogP contribution in [-0.2, 0) is 13.0 Å². The van der Waals surface area contributed by atoms with E-state index in [0.717, 1.165) is 21.6 Å². The summed E-state index contributed by atoms with van der Waals surface area (Å²) >= 11 is 5.15. The van der Waals surface area contributed by atoms with Gasteiger partial charge in [0.25, 0.3) is 0 Å². The molecule has 0 bridgehead atoms. The predicted molar refractivity (Wildman–Crippen MR) is 71.7 cm³/mol. The highest BCUT2D eigenvalue weighted by Crippen LogP contribution is 2.22. The van der Waals surface area contributed by atoms with Gasteiger partial charge in [0, 0.05) is 22.3 Å². The second-order valence-corrected chi connectivity index (χ2v) is 5.71. The van der Waals surface area contributed by atoms with Crippen molar-refractivity contribution in [3.05, 3.63) is 49.9 Å². The normalized spacial score (nSPS) is 10.7. The van der Waals surface area contributed by atoms with Crippen molar-refractivity contribution in [3.8, 4) is 0 Å². The van der Waals surface area contributed by atoms with Gasteiger partial charge < -0.3 is 5.73 Å². The van der Waals surface area contributed by atoms with Crippen LogP contribution in [0.1, 0.15) is 21.1 Å². The maximum absolute atomic E-state index is 5.59. The number of rotatable bonds is 3. The zero-order valence-electron chi connectivity index (χ0n) is 9.03. The maximum atomic E-state index is 5.59. The molecule has 1 aromatic carbocycles. The average molecular weight is 297 g/mol. The fourth-order valence-electron chi connectivity index (χ4n) is 1.53. The van der Waals surface area contributed by atoms with E-state index in [1.807, 2.05) is 6.92 Å². The summed E-state index contributed by atoms with van der Waals surface area (Å²) in [6.45, 7) is 2.58. The van der Waals surface area contributed by atoms with Crippen LogP contribution in [0.4, 0.5) is 0 Å². The summed E-state index contributed by atoms with van der Waals surface area (Å²) in [5, 5.41) is 1.02. The van der Waals surface area contributed by atoms with Gasteiger partial charge in [0.2, 0.25) is 0 Å². The molecule has 0 amide bonds. The number of nitrogens with zero attached hydrogens (tertiary/aromatic N) is 1. The number of thiazole rings is 1. The number of hydrogen-bond acceptors (Lipinski definition) is 3. The van der Waals surface area contributed by atoms with Crippen molar-refractivity contribution >= 4 is 27.3 Å². The molecule has 4 heteroatoms. The molecule has 0 unspecified atom stereocenters. The molecule has 0 atom stereocenters. The van der Waals surface area contributed by atoms with Crippen molar-refractivity contribution in [3.63, 3.8) is 0 Å². The number of nitrogens with two attached hydrogens (primary N) is 1. The Labute approximate surface area is 108 Å². The molecule has 1 aromatic heterocycles. The van der Waals surface area contributed by atoms with Gasteiger partial charge >= 0.3 is 0 Å². The molecular formula is C12H13BrN2S. The van der Waals surface area contributed by atoms with Gasteiger partial charge in [-0.25, -0.2) is 4.98 Å². The van der Waals surface area contributed by atoms with E-state index in [9.17, 15) is 0 Å². The van der Waals surface area contributed by atoms with Gasteiger partial charge in [-0.3, -0.25) is 0 Å². The van der Waals surface area contributed by atoms with E-state index in [1.165, 1.54) is 10.4 Å². The lowest BCUT2D eigenvalue weighted by Gasteiger charge is -1.99. The summed E-state index contributed by atoms with van der Waals surface area (Å²) in [6, 6.07) is 8.39. The molecule has 0 aliphatic heterocycles. The minimum atomic E-state index is 0.534. The number of halogens is 1. The lowest BCUT2D eigenvalue weighted by Crippen LogP contribution is -1.94. The molecule has 2 nitrogen and oxygen atoms in total. The van der Waals surface area contributed by atoms with Crippen molar-refractivity contribution in [1.82, 2.24) is 4.98 Å². The first-order valence-corrected chi connectivity index (χ1v) is 6.69. The van der Waals surface area contributed by atoms with Gasteiger partial charge in [0.05, 0.1) is 5.69 Å². The van der Waals surface area contributed by atoms with Crippen LogP contribution in [0.15, 0.2) is 28.7 Å². The third-order valence-electron chi connectivity index (χ3n) is 2.39. The summed E-state index contributed by atoms with van der Waals surface area (Å²) in [7, 11) is 0. The summed E-state index contributed by atoms with van der Waals surface area (Å²) < 4.78 is 1.11. The Bertz CT molecular complexity index is 476. The first-order valence-electron chi connectivity index (χ1n) is 5.08. The SMILES string of the molecule is Cc1nc(CN)sc1Cc1ccc(Br)cc1. The predicted octanol–water partition coefficient (Wildman–Crippen LogP) is 3.26. The first-order chi connectivity index (χ1) is 7.69. The molecule has 2 N–H and O–H groups in total. The standard InChI is InChI=1S/C12H13BrN2S/c1-8-11(16-12(7-14)15-8)6-9-2-4-10(13)5-3-9/h2-5H,6-7,14H2,1H3. The van der Waals surface area contributed by atoms with Gasteiger partial charge in [0.15, 0.2) is 0 Å². The molecule has 2 aromatic rings. The van der Waals surface area contributed by atoms with Gasteiger partial charge in [-0.15, -0.1) is 11.3 Å². The molecule has 84 valence electrons. The minimum absolute atomic E-state index is 0.534. The average Bonchev–Trinajstić information content (AvgIpc) is 2.63. The summed E-state index contributed by atoms with van der Waals surface area (Å²) in [6.07, 6.45) is 0.941. The molecule has 0 aliphatic carbocycles. The summed E-state index contributed by atoms with van der Waals surface area (Å²) in [5.41, 5.74) is 8.00. The van der Waals surface area contributed by atoms with Crippen LogP contribution in [0.25, 0.3) is 0 Å². The molecule has 0 fully saturated rings. The molecule has 0 spiro atoms. The first kappa shape index (κ1) is 11.8. The van der Waals surface area contributed by atoms with Crippen molar-refractivity contribution < 1.29 is 0 Å². The van der Waals surface area contributed by atoms with Crippen LogP contribution in [-0.4, -0.2) is 4.98 Å². The number of aromatic nitrogens is 1. The van der Waals surface area contributed by atoms with Crippen LogP contribution in [0.3, 0.4) is 0 Å². The molecule has 16 heavy (non-hydrogen) atoms. The molecule has 2 rings (SSSR count). The van der Waals surface area contributed by atoms with Crippen molar-refractivity contribution in [2.45, 2.75) is 19.9 Å². The highest BCUT2D eigenvalue weighted by atomic mass is 79.9. The van der Waals surface area contributed by atoms with Crippen LogP contribution in [0.5, 0.6) is 0 Å². The molecule has 0 aliphatic rings. The Hall–Kier alpha value is -0.710. The highest BCUT2D eigenvalue weighted by molar-refractivity contribution is 9.10. The largest absolute Gasteiger partial charge is 0.325 e. The van der Waals surface area contributed by atoms with Gasteiger partial charge in [0.1, 0.15) is 5.01 Å². The molecule has 0 radical (unpaired) electrons. The van der Waals surface area contributed by atoms with E-state index in [2.05, 4.69) is 45.2 Å². The summed E-state index contributed by atoms with van der Waals surface area (Å²) in [5.74, 6) is 0. The molecule has 1 heterocycles. The van der Waals surface area contributed by atoms with Crippen LogP contribution in [0, 0.1) is 6.92 Å². The third kappa shape index (κ3) is 2.70. The Kier molecular flexibility index (Phi) is 3.74. The fourth-order valence-corrected chi connectivity index (χ4v) is 2.77. The van der Waals surface area contributed by atoms with E-state index in [1.54, 1.807) is 11.3 Å². The second-order valence-electron chi connectivity index (χ2n) is 3.62. The quantitative estimate of drug-likeness (QED) is 0.944. The van der Waals surface area contributed by atoms with Crippen molar-refractivity contribution in [2.75, 3.05) is 0 Å². The number of hydrogen-bond donors (Lipinski definition) is 1. The van der Waals surface area contributed by atoms with E-state index in [-0.39, 0.29) is 0 Å². The van der Waals surface area contributed by atoms with E-state index in [0.29, 0.717) is 6.54 Å². The van der Waals surface area contributed by atoms with Crippen LogP contribution >= 0.6 is 27.3 Å². The van der Waals surface area contributed by atoms with Gasteiger partial charge in [-0.1, -0.05) is 28.1 Å². The Balaban J connectivity index is 2.19. The van der Waals surface area contributed by atoms with E-state index in [4.69, 9.17) is 5.73 Å². The van der Waals surface area contributed by atoms with E-state index < -0.39 is 0 Å². The zero-order valence-corrected chi connectivity index (χ0v) is 11.4. The molecule has 0 saturated carbocycles. The lowest BCUT2D eigenvalue weighted by atomic mass is 10.1. The Morgan fingerprint density at radius 2 is 2.00 bits per heavy atom. The summed E-state index contributed by atoms with van der Waals surface area (Å²) in [4.78, 5) is 5.74. The molecule has 0 saturated heterocycles. The second kappa shape index (κ2) is 5.08. The smallest absolute Gasteiger partial charge is 0.107 e. The van der Waals surface area contributed by atoms with Crippen LogP contribution < -0.4 is 5.73 Å². The highest BCUT2D eigenvalue weighted by Gasteiger charge is 2.07. The van der Waals surface area contributed by atoms with E-state index >= 15 is 0 Å². The van der Waals surface area contributed by atoms with Gasteiger partial charge in [-0.2, -0.15) is 0 Å². The number of aryl methyl sites for hydroxylation is 1. The van der Waals surface area contributed by atoms with Crippen LogP contribution in [0.2, 0.25) is 0 Å².